The zero-order valence-electron chi connectivity index (χ0n) is 11.9. The second kappa shape index (κ2) is 6.76. The molecular formula is C15H25NO2. The number of benzene rings is 1. The Labute approximate surface area is 110 Å². The largest absolute Gasteiger partial charge is 0.492 e. The smallest absolute Gasteiger partial charge is 0.119 e. The van der Waals surface area contributed by atoms with Gasteiger partial charge in [0.1, 0.15) is 12.4 Å². The summed E-state index contributed by atoms with van der Waals surface area (Å²) in [5, 5.41) is 12.0. The first-order valence-corrected chi connectivity index (χ1v) is 6.55. The monoisotopic (exact) mass is 251 g/mol. The fourth-order valence-electron chi connectivity index (χ4n) is 1.63. The van der Waals surface area contributed by atoms with E-state index in [-0.39, 0.29) is 18.1 Å². The molecule has 0 fully saturated rings. The van der Waals surface area contributed by atoms with Gasteiger partial charge in [-0.15, -0.1) is 0 Å². The summed E-state index contributed by atoms with van der Waals surface area (Å²) in [6, 6.07) is 8.21. The molecule has 1 aromatic rings. The Morgan fingerprint density at radius 2 is 1.89 bits per heavy atom. The molecule has 0 aliphatic carbocycles. The van der Waals surface area contributed by atoms with Gasteiger partial charge in [0.15, 0.2) is 0 Å². The Morgan fingerprint density at radius 1 is 1.28 bits per heavy atom. The SMILES string of the molecule is CCC(C)(C)c1ccc(OCC(CO)NC)cc1. The molecule has 2 N–H and O–H groups in total. The maximum Gasteiger partial charge on any atom is 0.119 e. The van der Waals surface area contributed by atoms with E-state index >= 15 is 0 Å². The molecular weight excluding hydrogens is 226 g/mol. The summed E-state index contributed by atoms with van der Waals surface area (Å²) in [4.78, 5) is 0. The third kappa shape index (κ3) is 4.00. The van der Waals surface area contributed by atoms with Gasteiger partial charge in [0, 0.05) is 0 Å². The fourth-order valence-corrected chi connectivity index (χ4v) is 1.63. The van der Waals surface area contributed by atoms with Crippen molar-refractivity contribution < 1.29 is 9.84 Å². The Morgan fingerprint density at radius 3 is 2.33 bits per heavy atom. The van der Waals surface area contributed by atoms with Crippen LogP contribution in [0.2, 0.25) is 0 Å². The van der Waals surface area contributed by atoms with E-state index < -0.39 is 0 Å². The van der Waals surface area contributed by atoms with Crippen molar-refractivity contribution in [3.05, 3.63) is 29.8 Å². The molecule has 0 heterocycles. The first-order chi connectivity index (χ1) is 8.53. The molecule has 102 valence electrons. The van der Waals surface area contributed by atoms with Crippen LogP contribution in [-0.2, 0) is 5.41 Å². The van der Waals surface area contributed by atoms with E-state index in [0.717, 1.165) is 12.2 Å². The molecule has 0 aliphatic heterocycles. The lowest BCUT2D eigenvalue weighted by Gasteiger charge is -2.23. The van der Waals surface area contributed by atoms with E-state index in [1.54, 1.807) is 0 Å². The lowest BCUT2D eigenvalue weighted by Crippen LogP contribution is -2.34. The van der Waals surface area contributed by atoms with Crippen molar-refractivity contribution in [1.29, 1.82) is 0 Å². The average Bonchev–Trinajstić information content (AvgIpc) is 2.40. The Hall–Kier alpha value is -1.06. The number of aliphatic hydroxyl groups is 1. The summed E-state index contributed by atoms with van der Waals surface area (Å²) in [5.74, 6) is 0.847. The Balaban J connectivity index is 2.61. The third-order valence-corrected chi connectivity index (χ3v) is 3.60. The summed E-state index contributed by atoms with van der Waals surface area (Å²) in [5.41, 5.74) is 1.53. The van der Waals surface area contributed by atoms with Gasteiger partial charge < -0.3 is 15.2 Å². The minimum absolute atomic E-state index is 0.0169. The molecule has 0 bridgehead atoms. The van der Waals surface area contributed by atoms with Gasteiger partial charge in [-0.25, -0.2) is 0 Å². The van der Waals surface area contributed by atoms with Crippen LogP contribution in [0, 0.1) is 0 Å². The molecule has 1 unspecified atom stereocenters. The van der Waals surface area contributed by atoms with Gasteiger partial charge in [-0.05, 0) is 36.6 Å². The second-order valence-electron chi connectivity index (χ2n) is 5.24. The van der Waals surface area contributed by atoms with Crippen molar-refractivity contribution >= 4 is 0 Å². The van der Waals surface area contributed by atoms with Crippen LogP contribution < -0.4 is 10.1 Å². The van der Waals surface area contributed by atoms with E-state index in [0.29, 0.717) is 6.61 Å². The molecule has 0 saturated carbocycles. The molecule has 0 aliphatic rings. The number of rotatable bonds is 7. The lowest BCUT2D eigenvalue weighted by molar-refractivity contribution is 0.189. The normalized spacial score (nSPS) is 13.4. The highest BCUT2D eigenvalue weighted by atomic mass is 16.5. The van der Waals surface area contributed by atoms with Gasteiger partial charge in [-0.3, -0.25) is 0 Å². The lowest BCUT2D eigenvalue weighted by atomic mass is 9.82. The highest BCUT2D eigenvalue weighted by molar-refractivity contribution is 5.31. The molecule has 3 nitrogen and oxygen atoms in total. The summed E-state index contributed by atoms with van der Waals surface area (Å²) >= 11 is 0. The van der Waals surface area contributed by atoms with Gasteiger partial charge in [0.05, 0.1) is 12.6 Å². The van der Waals surface area contributed by atoms with Crippen LogP contribution in [0.3, 0.4) is 0 Å². The molecule has 0 radical (unpaired) electrons. The van der Waals surface area contributed by atoms with Gasteiger partial charge in [-0.1, -0.05) is 32.9 Å². The van der Waals surface area contributed by atoms with E-state index in [2.05, 4.69) is 38.2 Å². The quantitative estimate of drug-likeness (QED) is 0.781. The Kier molecular flexibility index (Phi) is 5.63. The molecule has 0 aromatic heterocycles. The van der Waals surface area contributed by atoms with Gasteiger partial charge in [0.2, 0.25) is 0 Å². The number of hydrogen-bond acceptors (Lipinski definition) is 3. The van der Waals surface area contributed by atoms with Crippen LogP contribution in [0.1, 0.15) is 32.8 Å². The van der Waals surface area contributed by atoms with Crippen LogP contribution in [-0.4, -0.2) is 31.4 Å². The second-order valence-corrected chi connectivity index (χ2v) is 5.24. The fraction of sp³-hybridized carbons (Fsp3) is 0.600. The van der Waals surface area contributed by atoms with Crippen molar-refractivity contribution in [3.8, 4) is 5.75 Å². The molecule has 18 heavy (non-hydrogen) atoms. The van der Waals surface area contributed by atoms with Crippen LogP contribution in [0.4, 0.5) is 0 Å². The van der Waals surface area contributed by atoms with Crippen LogP contribution >= 0.6 is 0 Å². The molecule has 1 rings (SSSR count). The van der Waals surface area contributed by atoms with Crippen molar-refractivity contribution in [2.75, 3.05) is 20.3 Å². The predicted molar refractivity (Wildman–Crippen MR) is 75.2 cm³/mol. The van der Waals surface area contributed by atoms with E-state index in [1.807, 2.05) is 19.2 Å². The summed E-state index contributed by atoms with van der Waals surface area (Å²) in [6.07, 6.45) is 1.11. The van der Waals surface area contributed by atoms with Crippen LogP contribution in [0.15, 0.2) is 24.3 Å². The highest BCUT2D eigenvalue weighted by Crippen LogP contribution is 2.27. The van der Waals surface area contributed by atoms with Crippen LogP contribution in [0.25, 0.3) is 0 Å². The summed E-state index contributed by atoms with van der Waals surface area (Å²) in [7, 11) is 1.82. The first kappa shape index (κ1) is 15.0. The van der Waals surface area contributed by atoms with E-state index in [1.165, 1.54) is 5.56 Å². The zero-order valence-corrected chi connectivity index (χ0v) is 11.9. The minimum Gasteiger partial charge on any atom is -0.492 e. The minimum atomic E-state index is -0.0169. The molecule has 0 spiro atoms. The first-order valence-electron chi connectivity index (χ1n) is 6.55. The molecule has 1 aromatic carbocycles. The highest BCUT2D eigenvalue weighted by Gasteiger charge is 2.17. The van der Waals surface area contributed by atoms with Crippen molar-refractivity contribution in [2.24, 2.45) is 0 Å². The number of hydrogen-bond donors (Lipinski definition) is 2. The van der Waals surface area contributed by atoms with Gasteiger partial charge >= 0.3 is 0 Å². The standard InChI is InChI=1S/C15H25NO2/c1-5-15(2,3)12-6-8-14(9-7-12)18-11-13(10-17)16-4/h6-9,13,16-17H,5,10-11H2,1-4H3. The predicted octanol–water partition coefficient (Wildman–Crippen LogP) is 2.33. The summed E-state index contributed by atoms with van der Waals surface area (Å²) < 4.78 is 5.63. The summed E-state index contributed by atoms with van der Waals surface area (Å²) in [6.45, 7) is 7.24. The van der Waals surface area contributed by atoms with Crippen molar-refractivity contribution in [3.63, 3.8) is 0 Å². The van der Waals surface area contributed by atoms with Crippen molar-refractivity contribution in [1.82, 2.24) is 5.32 Å². The molecule has 0 amide bonds. The Bertz CT molecular complexity index is 342. The number of nitrogens with one attached hydrogen (secondary N) is 1. The third-order valence-electron chi connectivity index (χ3n) is 3.60. The topological polar surface area (TPSA) is 41.5 Å². The van der Waals surface area contributed by atoms with Gasteiger partial charge in [-0.2, -0.15) is 0 Å². The molecule has 3 heteroatoms. The number of aliphatic hydroxyl groups excluding tert-OH is 1. The number of likely N-dealkylation sites (N-methyl/N-ethyl adjacent to an activating group) is 1. The molecule has 0 saturated heterocycles. The maximum atomic E-state index is 9.04. The van der Waals surface area contributed by atoms with E-state index in [9.17, 15) is 0 Å². The zero-order chi connectivity index (χ0) is 13.6. The van der Waals surface area contributed by atoms with Crippen molar-refractivity contribution in [2.45, 2.75) is 38.6 Å². The van der Waals surface area contributed by atoms with Gasteiger partial charge in [0.25, 0.3) is 0 Å². The number of ether oxygens (including phenoxy) is 1. The van der Waals surface area contributed by atoms with E-state index in [4.69, 9.17) is 9.84 Å². The average molecular weight is 251 g/mol. The maximum absolute atomic E-state index is 9.04. The molecule has 1 atom stereocenters. The van der Waals surface area contributed by atoms with Crippen LogP contribution in [0.5, 0.6) is 5.75 Å².